The SMILES string of the molecule is OC/C=C/c1ccc2c(c1)OC(c1ccc(O)c(O)c1)C(CO)O2. The lowest BCUT2D eigenvalue weighted by Crippen LogP contribution is -2.36. The lowest BCUT2D eigenvalue weighted by atomic mass is 10.0. The molecule has 0 radical (unpaired) electrons. The van der Waals surface area contributed by atoms with Crippen LogP contribution in [0, 0.1) is 0 Å². The Bertz CT molecular complexity index is 755. The van der Waals surface area contributed by atoms with Gasteiger partial charge in [0.25, 0.3) is 0 Å². The van der Waals surface area contributed by atoms with Crippen LogP contribution in [0.4, 0.5) is 0 Å². The number of benzene rings is 2. The Kier molecular flexibility index (Phi) is 4.59. The van der Waals surface area contributed by atoms with Crippen molar-refractivity contribution < 1.29 is 29.9 Å². The molecule has 0 aromatic heterocycles. The molecule has 2 aromatic rings. The number of aromatic hydroxyl groups is 2. The minimum atomic E-state index is -0.639. The molecule has 0 bridgehead atoms. The monoisotopic (exact) mass is 330 g/mol. The predicted octanol–water partition coefficient (Wildman–Crippen LogP) is 1.98. The molecule has 24 heavy (non-hydrogen) atoms. The summed E-state index contributed by atoms with van der Waals surface area (Å²) in [7, 11) is 0. The fraction of sp³-hybridized carbons (Fsp3) is 0.222. The molecule has 1 aliphatic rings. The van der Waals surface area contributed by atoms with Gasteiger partial charge in [-0.2, -0.15) is 0 Å². The summed E-state index contributed by atoms with van der Waals surface area (Å²) in [6.07, 6.45) is 2.09. The van der Waals surface area contributed by atoms with Gasteiger partial charge in [0, 0.05) is 5.56 Å². The van der Waals surface area contributed by atoms with E-state index in [0.717, 1.165) is 5.56 Å². The molecule has 0 spiro atoms. The summed E-state index contributed by atoms with van der Waals surface area (Å²) in [5.41, 5.74) is 1.41. The third kappa shape index (κ3) is 3.15. The Morgan fingerprint density at radius 1 is 0.917 bits per heavy atom. The molecule has 1 heterocycles. The number of rotatable bonds is 4. The molecule has 0 saturated heterocycles. The molecule has 4 N–H and O–H groups in total. The van der Waals surface area contributed by atoms with Gasteiger partial charge in [0.2, 0.25) is 0 Å². The van der Waals surface area contributed by atoms with Gasteiger partial charge in [0.1, 0.15) is 0 Å². The predicted molar refractivity (Wildman–Crippen MR) is 87.2 cm³/mol. The average molecular weight is 330 g/mol. The Hall–Kier alpha value is -2.70. The van der Waals surface area contributed by atoms with Crippen molar-refractivity contribution in [3.63, 3.8) is 0 Å². The zero-order chi connectivity index (χ0) is 17.1. The van der Waals surface area contributed by atoms with Crippen LogP contribution in [0.3, 0.4) is 0 Å². The maximum Gasteiger partial charge on any atom is 0.163 e. The Balaban J connectivity index is 1.94. The molecule has 126 valence electrons. The molecule has 0 fully saturated rings. The third-order valence-corrected chi connectivity index (χ3v) is 3.76. The van der Waals surface area contributed by atoms with Gasteiger partial charge in [-0.1, -0.05) is 24.3 Å². The van der Waals surface area contributed by atoms with Crippen LogP contribution in [0.15, 0.2) is 42.5 Å². The largest absolute Gasteiger partial charge is 0.504 e. The van der Waals surface area contributed by atoms with Crippen molar-refractivity contribution in [2.24, 2.45) is 0 Å². The number of hydrogen-bond donors (Lipinski definition) is 4. The fourth-order valence-electron chi connectivity index (χ4n) is 2.58. The molecule has 1 aliphatic heterocycles. The number of phenols is 2. The highest BCUT2D eigenvalue weighted by molar-refractivity contribution is 5.56. The van der Waals surface area contributed by atoms with Gasteiger partial charge in [-0.3, -0.25) is 0 Å². The van der Waals surface area contributed by atoms with Gasteiger partial charge < -0.3 is 29.9 Å². The van der Waals surface area contributed by atoms with Gasteiger partial charge in [0.05, 0.1) is 13.2 Å². The fourth-order valence-corrected chi connectivity index (χ4v) is 2.58. The average Bonchev–Trinajstić information content (AvgIpc) is 2.61. The molecule has 2 unspecified atom stereocenters. The standard InChI is InChI=1S/C18H18O6/c19-7-1-2-11-3-6-15-16(8-11)24-18(17(10-20)23-15)12-4-5-13(21)14(22)9-12/h1-6,8-9,17-22H,7,10H2/b2-1+. The quantitative estimate of drug-likeness (QED) is 0.640. The van der Waals surface area contributed by atoms with E-state index < -0.39 is 12.2 Å². The van der Waals surface area contributed by atoms with E-state index in [0.29, 0.717) is 17.1 Å². The molecule has 0 saturated carbocycles. The van der Waals surface area contributed by atoms with Crippen molar-refractivity contribution in [2.45, 2.75) is 12.2 Å². The summed E-state index contributed by atoms with van der Waals surface area (Å²) in [5.74, 6) is 0.512. The summed E-state index contributed by atoms with van der Waals surface area (Å²) >= 11 is 0. The van der Waals surface area contributed by atoms with Crippen molar-refractivity contribution in [2.75, 3.05) is 13.2 Å². The number of aliphatic hydroxyl groups is 2. The van der Waals surface area contributed by atoms with Crippen molar-refractivity contribution >= 4 is 6.08 Å². The van der Waals surface area contributed by atoms with Crippen molar-refractivity contribution in [3.05, 3.63) is 53.6 Å². The van der Waals surface area contributed by atoms with Crippen LogP contribution in [-0.2, 0) is 0 Å². The minimum Gasteiger partial charge on any atom is -0.504 e. The van der Waals surface area contributed by atoms with Crippen molar-refractivity contribution in [1.82, 2.24) is 0 Å². The summed E-state index contributed by atoms with van der Waals surface area (Å²) in [6, 6.07) is 9.66. The second-order valence-electron chi connectivity index (χ2n) is 5.42. The van der Waals surface area contributed by atoms with Gasteiger partial charge >= 0.3 is 0 Å². The van der Waals surface area contributed by atoms with Crippen LogP contribution in [0.25, 0.3) is 6.08 Å². The second-order valence-corrected chi connectivity index (χ2v) is 5.42. The summed E-state index contributed by atoms with van der Waals surface area (Å²) in [5, 5.41) is 37.6. The number of phenolic OH excluding ortho intramolecular Hbond substituents is 2. The third-order valence-electron chi connectivity index (χ3n) is 3.76. The Labute approximate surface area is 138 Å². The molecule has 3 rings (SSSR count). The topological polar surface area (TPSA) is 99.4 Å². The van der Waals surface area contributed by atoms with Gasteiger partial charge in [-0.15, -0.1) is 0 Å². The second kappa shape index (κ2) is 6.82. The zero-order valence-corrected chi connectivity index (χ0v) is 12.8. The molecule has 6 nitrogen and oxygen atoms in total. The minimum absolute atomic E-state index is 0.0591. The van der Waals surface area contributed by atoms with Gasteiger partial charge in [-0.25, -0.2) is 0 Å². The van der Waals surface area contributed by atoms with Crippen LogP contribution in [0.1, 0.15) is 17.2 Å². The molecule has 2 atom stereocenters. The maximum atomic E-state index is 9.68. The smallest absolute Gasteiger partial charge is 0.163 e. The Morgan fingerprint density at radius 3 is 2.46 bits per heavy atom. The molecule has 0 amide bonds. The first kappa shape index (κ1) is 16.2. The van der Waals surface area contributed by atoms with E-state index in [9.17, 15) is 15.3 Å². The number of aliphatic hydroxyl groups excluding tert-OH is 2. The first-order valence-electron chi connectivity index (χ1n) is 7.50. The number of ether oxygens (including phenoxy) is 2. The summed E-state index contributed by atoms with van der Waals surface area (Å²) in [6.45, 7) is -0.325. The van der Waals surface area contributed by atoms with E-state index in [1.165, 1.54) is 12.1 Å². The number of fused-ring (bicyclic) bond motifs is 1. The first-order valence-corrected chi connectivity index (χ1v) is 7.50. The van der Waals surface area contributed by atoms with E-state index in [4.69, 9.17) is 14.6 Å². The molecule has 0 aliphatic carbocycles. The zero-order valence-electron chi connectivity index (χ0n) is 12.8. The molecular formula is C18H18O6. The Morgan fingerprint density at radius 2 is 1.75 bits per heavy atom. The van der Waals surface area contributed by atoms with E-state index in [2.05, 4.69) is 0 Å². The van der Waals surface area contributed by atoms with E-state index in [1.54, 1.807) is 30.4 Å². The van der Waals surface area contributed by atoms with Crippen molar-refractivity contribution in [1.29, 1.82) is 0 Å². The highest BCUT2D eigenvalue weighted by Gasteiger charge is 2.33. The van der Waals surface area contributed by atoms with E-state index >= 15 is 0 Å². The number of hydrogen-bond acceptors (Lipinski definition) is 6. The van der Waals surface area contributed by atoms with Crippen LogP contribution in [-0.4, -0.2) is 39.7 Å². The first-order chi connectivity index (χ1) is 11.6. The lowest BCUT2D eigenvalue weighted by molar-refractivity contribution is -0.0124. The normalized spacial score (nSPS) is 19.6. The van der Waals surface area contributed by atoms with E-state index in [-0.39, 0.29) is 24.7 Å². The van der Waals surface area contributed by atoms with Crippen LogP contribution >= 0.6 is 0 Å². The van der Waals surface area contributed by atoms with Crippen LogP contribution in [0.2, 0.25) is 0 Å². The van der Waals surface area contributed by atoms with Crippen LogP contribution < -0.4 is 9.47 Å². The van der Waals surface area contributed by atoms with Gasteiger partial charge in [0.15, 0.2) is 35.2 Å². The van der Waals surface area contributed by atoms with Crippen molar-refractivity contribution in [3.8, 4) is 23.0 Å². The van der Waals surface area contributed by atoms with Gasteiger partial charge in [-0.05, 0) is 29.8 Å². The maximum absolute atomic E-state index is 9.68. The molecular weight excluding hydrogens is 312 g/mol. The molecule has 6 heteroatoms. The van der Waals surface area contributed by atoms with E-state index in [1.807, 2.05) is 6.07 Å². The summed E-state index contributed by atoms with van der Waals surface area (Å²) in [4.78, 5) is 0. The molecule has 2 aromatic carbocycles. The van der Waals surface area contributed by atoms with Crippen LogP contribution in [0.5, 0.6) is 23.0 Å². The summed E-state index contributed by atoms with van der Waals surface area (Å²) < 4.78 is 11.7. The lowest BCUT2D eigenvalue weighted by Gasteiger charge is -2.33. The highest BCUT2D eigenvalue weighted by atomic mass is 16.6. The highest BCUT2D eigenvalue weighted by Crippen LogP contribution is 2.41.